The molecular weight excluding hydrogens is 162 g/mol. The van der Waals surface area contributed by atoms with Crippen LogP contribution in [0.1, 0.15) is 5.56 Å². The van der Waals surface area contributed by atoms with E-state index >= 15 is 0 Å². The summed E-state index contributed by atoms with van der Waals surface area (Å²) in [6, 6.07) is 9.49. The Labute approximate surface area is 75.4 Å². The van der Waals surface area contributed by atoms with Crippen molar-refractivity contribution in [3.8, 4) is 6.07 Å². The molecule has 3 nitrogen and oxygen atoms in total. The van der Waals surface area contributed by atoms with Gasteiger partial charge in [0.2, 0.25) is 0 Å². The third kappa shape index (κ3) is 1.09. The predicted molar refractivity (Wildman–Crippen MR) is 50.9 cm³/mol. The molecule has 2 rings (SSSR count). The standard InChI is InChI=1S/C10H7N3/c11-5-7-6-13-9-4-2-1-3-8(9)10(7)12/h1-4,6H,(H2,12,13). The van der Waals surface area contributed by atoms with Crippen molar-refractivity contribution >= 4 is 16.6 Å². The molecule has 0 atom stereocenters. The molecule has 1 aromatic carbocycles. The first-order chi connectivity index (χ1) is 6.33. The summed E-state index contributed by atoms with van der Waals surface area (Å²) in [5.41, 5.74) is 7.52. The molecule has 0 saturated heterocycles. The van der Waals surface area contributed by atoms with Gasteiger partial charge in [0.05, 0.1) is 16.8 Å². The first-order valence-corrected chi connectivity index (χ1v) is 3.86. The van der Waals surface area contributed by atoms with E-state index in [-0.39, 0.29) is 0 Å². The minimum Gasteiger partial charge on any atom is -0.397 e. The first-order valence-electron chi connectivity index (χ1n) is 3.86. The van der Waals surface area contributed by atoms with E-state index in [4.69, 9.17) is 11.0 Å². The number of nitrogens with zero attached hydrogens (tertiary/aromatic N) is 2. The number of anilines is 1. The van der Waals surface area contributed by atoms with Gasteiger partial charge in [0.15, 0.2) is 0 Å². The Bertz CT molecular complexity index is 497. The van der Waals surface area contributed by atoms with E-state index in [1.54, 1.807) is 0 Å². The molecule has 1 aromatic heterocycles. The number of benzene rings is 1. The number of aromatic nitrogens is 1. The Morgan fingerprint density at radius 2 is 2.08 bits per heavy atom. The highest BCUT2D eigenvalue weighted by Crippen LogP contribution is 2.21. The number of hydrogen-bond acceptors (Lipinski definition) is 3. The van der Waals surface area contributed by atoms with Crippen LogP contribution in [-0.2, 0) is 0 Å². The Kier molecular flexibility index (Phi) is 1.60. The number of pyridine rings is 1. The van der Waals surface area contributed by atoms with Crippen LogP contribution in [0.2, 0.25) is 0 Å². The molecule has 0 radical (unpaired) electrons. The fourth-order valence-corrected chi connectivity index (χ4v) is 1.25. The quantitative estimate of drug-likeness (QED) is 0.652. The lowest BCUT2D eigenvalue weighted by Gasteiger charge is -2.01. The van der Waals surface area contributed by atoms with Crippen molar-refractivity contribution in [2.75, 3.05) is 5.73 Å². The first kappa shape index (κ1) is 7.56. The molecule has 0 amide bonds. The number of nitrogen functional groups attached to an aromatic ring is 1. The molecule has 0 bridgehead atoms. The molecule has 0 saturated carbocycles. The van der Waals surface area contributed by atoms with Gasteiger partial charge in [0.1, 0.15) is 6.07 Å². The number of rotatable bonds is 0. The average molecular weight is 169 g/mol. The topological polar surface area (TPSA) is 62.7 Å². The Morgan fingerprint density at radius 1 is 1.31 bits per heavy atom. The van der Waals surface area contributed by atoms with Gasteiger partial charge in [0.25, 0.3) is 0 Å². The van der Waals surface area contributed by atoms with Gasteiger partial charge in [-0.2, -0.15) is 5.26 Å². The van der Waals surface area contributed by atoms with Crippen LogP contribution in [0.4, 0.5) is 5.69 Å². The molecule has 13 heavy (non-hydrogen) atoms. The maximum atomic E-state index is 8.71. The smallest absolute Gasteiger partial charge is 0.103 e. The van der Waals surface area contributed by atoms with Gasteiger partial charge >= 0.3 is 0 Å². The van der Waals surface area contributed by atoms with E-state index in [2.05, 4.69) is 4.98 Å². The predicted octanol–water partition coefficient (Wildman–Crippen LogP) is 1.69. The normalized spacial score (nSPS) is 9.77. The summed E-state index contributed by atoms with van der Waals surface area (Å²) in [4.78, 5) is 4.11. The minimum atomic E-state index is 0.429. The Balaban J connectivity index is 2.89. The lowest BCUT2D eigenvalue weighted by molar-refractivity contribution is 1.37. The van der Waals surface area contributed by atoms with Gasteiger partial charge in [-0.05, 0) is 6.07 Å². The molecule has 0 spiro atoms. The van der Waals surface area contributed by atoms with Crippen LogP contribution in [0.5, 0.6) is 0 Å². The van der Waals surface area contributed by atoms with Gasteiger partial charge in [-0.25, -0.2) is 0 Å². The number of fused-ring (bicyclic) bond motifs is 1. The third-order valence-electron chi connectivity index (χ3n) is 1.94. The molecule has 2 N–H and O–H groups in total. The Morgan fingerprint density at radius 3 is 2.85 bits per heavy atom. The SMILES string of the molecule is N#Cc1cnc2ccccc2c1N. The van der Waals surface area contributed by atoms with E-state index in [1.165, 1.54) is 6.20 Å². The van der Waals surface area contributed by atoms with Gasteiger partial charge in [-0.15, -0.1) is 0 Å². The zero-order valence-electron chi connectivity index (χ0n) is 6.86. The Hall–Kier alpha value is -2.08. The third-order valence-corrected chi connectivity index (χ3v) is 1.94. The maximum absolute atomic E-state index is 8.71. The van der Waals surface area contributed by atoms with Crippen LogP contribution in [0.25, 0.3) is 10.9 Å². The second-order valence-corrected chi connectivity index (χ2v) is 2.71. The number of hydrogen-bond donors (Lipinski definition) is 1. The highest BCUT2D eigenvalue weighted by atomic mass is 14.7. The monoisotopic (exact) mass is 169 g/mol. The highest BCUT2D eigenvalue weighted by molar-refractivity contribution is 5.92. The number of nitriles is 1. The number of para-hydroxylation sites is 1. The highest BCUT2D eigenvalue weighted by Gasteiger charge is 2.02. The number of nitrogens with two attached hydrogens (primary N) is 1. The summed E-state index contributed by atoms with van der Waals surface area (Å²) >= 11 is 0. The van der Waals surface area contributed by atoms with Crippen LogP contribution in [-0.4, -0.2) is 4.98 Å². The lowest BCUT2D eigenvalue weighted by Crippen LogP contribution is -1.93. The second-order valence-electron chi connectivity index (χ2n) is 2.71. The largest absolute Gasteiger partial charge is 0.397 e. The summed E-state index contributed by atoms with van der Waals surface area (Å²) in [5.74, 6) is 0. The van der Waals surface area contributed by atoms with Crippen molar-refractivity contribution < 1.29 is 0 Å². The van der Waals surface area contributed by atoms with E-state index < -0.39 is 0 Å². The average Bonchev–Trinajstić information content (AvgIpc) is 2.19. The minimum absolute atomic E-state index is 0.429. The molecule has 1 heterocycles. The van der Waals surface area contributed by atoms with Crippen molar-refractivity contribution in [3.05, 3.63) is 36.0 Å². The van der Waals surface area contributed by atoms with Crippen LogP contribution < -0.4 is 5.73 Å². The van der Waals surface area contributed by atoms with E-state index in [9.17, 15) is 0 Å². The summed E-state index contributed by atoms with van der Waals surface area (Å²) < 4.78 is 0. The molecule has 0 fully saturated rings. The van der Waals surface area contributed by atoms with Crippen molar-refractivity contribution in [3.63, 3.8) is 0 Å². The van der Waals surface area contributed by atoms with Crippen LogP contribution in [0.15, 0.2) is 30.5 Å². The van der Waals surface area contributed by atoms with Gasteiger partial charge in [-0.3, -0.25) is 4.98 Å². The zero-order valence-corrected chi connectivity index (χ0v) is 6.86. The van der Waals surface area contributed by atoms with Crippen molar-refractivity contribution in [1.29, 1.82) is 5.26 Å². The molecule has 2 aromatic rings. The summed E-state index contributed by atoms with van der Waals surface area (Å²) in [6.07, 6.45) is 1.50. The van der Waals surface area contributed by atoms with E-state index in [0.29, 0.717) is 11.3 Å². The van der Waals surface area contributed by atoms with Gasteiger partial charge in [-0.1, -0.05) is 18.2 Å². The molecule has 3 heteroatoms. The van der Waals surface area contributed by atoms with Crippen molar-refractivity contribution in [1.82, 2.24) is 4.98 Å². The molecule has 0 aliphatic rings. The van der Waals surface area contributed by atoms with E-state index in [1.807, 2.05) is 30.3 Å². The molecule has 0 aliphatic heterocycles. The van der Waals surface area contributed by atoms with Gasteiger partial charge in [0, 0.05) is 11.6 Å². The summed E-state index contributed by atoms with van der Waals surface area (Å²) in [5, 5.41) is 9.54. The summed E-state index contributed by atoms with van der Waals surface area (Å²) in [7, 11) is 0. The van der Waals surface area contributed by atoms with Gasteiger partial charge < -0.3 is 5.73 Å². The molecule has 62 valence electrons. The van der Waals surface area contributed by atoms with Crippen molar-refractivity contribution in [2.45, 2.75) is 0 Å². The fraction of sp³-hybridized carbons (Fsp3) is 0. The summed E-state index contributed by atoms with van der Waals surface area (Å²) in [6.45, 7) is 0. The second kappa shape index (κ2) is 2.76. The molecule has 0 aliphatic carbocycles. The van der Waals surface area contributed by atoms with Crippen molar-refractivity contribution in [2.24, 2.45) is 0 Å². The molecule has 0 unspecified atom stereocenters. The van der Waals surface area contributed by atoms with E-state index in [0.717, 1.165) is 10.9 Å². The fourth-order valence-electron chi connectivity index (χ4n) is 1.25. The van der Waals surface area contributed by atoms with Crippen LogP contribution in [0, 0.1) is 11.3 Å². The van der Waals surface area contributed by atoms with Crippen LogP contribution >= 0.6 is 0 Å². The maximum Gasteiger partial charge on any atom is 0.103 e. The lowest BCUT2D eigenvalue weighted by atomic mass is 10.1. The zero-order chi connectivity index (χ0) is 9.26. The molecular formula is C10H7N3. The van der Waals surface area contributed by atoms with Crippen LogP contribution in [0.3, 0.4) is 0 Å².